The van der Waals surface area contributed by atoms with E-state index in [0.29, 0.717) is 11.3 Å². The Morgan fingerprint density at radius 1 is 1.29 bits per heavy atom. The predicted molar refractivity (Wildman–Crippen MR) is 81.5 cm³/mol. The molecule has 1 atom stereocenters. The van der Waals surface area contributed by atoms with Gasteiger partial charge in [0.15, 0.2) is 0 Å². The lowest BCUT2D eigenvalue weighted by Gasteiger charge is -2.12. The summed E-state index contributed by atoms with van der Waals surface area (Å²) in [6, 6.07) is 14.8. The Balaban J connectivity index is 1.99. The highest BCUT2D eigenvalue weighted by molar-refractivity contribution is 8.00. The second-order valence-corrected chi connectivity index (χ2v) is 5.81. The van der Waals surface area contributed by atoms with E-state index in [2.05, 4.69) is 5.32 Å². The molecule has 3 nitrogen and oxygen atoms in total. The van der Waals surface area contributed by atoms with Crippen LogP contribution in [0.15, 0.2) is 53.4 Å². The average molecular weight is 300 g/mol. The minimum atomic E-state index is -0.332. The zero-order chi connectivity index (χ0) is 15.2. The summed E-state index contributed by atoms with van der Waals surface area (Å²) in [6.45, 7) is 1.78. The molecule has 5 heteroatoms. The third-order valence-electron chi connectivity index (χ3n) is 2.75. The number of hydrogen-bond acceptors (Lipinski definition) is 3. The molecule has 2 aromatic carbocycles. The molecule has 0 aliphatic heterocycles. The number of rotatable bonds is 4. The Bertz CT molecular complexity index is 679. The van der Waals surface area contributed by atoms with Gasteiger partial charge in [-0.1, -0.05) is 6.07 Å². The number of nitriles is 1. The highest BCUT2D eigenvalue weighted by Gasteiger charge is 2.14. The first kappa shape index (κ1) is 15.1. The van der Waals surface area contributed by atoms with Crippen LogP contribution in [0.3, 0.4) is 0 Å². The van der Waals surface area contributed by atoms with E-state index < -0.39 is 0 Å². The Kier molecular flexibility index (Phi) is 4.96. The van der Waals surface area contributed by atoms with Crippen LogP contribution in [0.1, 0.15) is 12.5 Å². The Labute approximate surface area is 126 Å². The Hall–Kier alpha value is -2.32. The van der Waals surface area contributed by atoms with E-state index >= 15 is 0 Å². The lowest BCUT2D eigenvalue weighted by atomic mass is 10.2. The average Bonchev–Trinajstić information content (AvgIpc) is 2.49. The molecule has 0 saturated carbocycles. The summed E-state index contributed by atoms with van der Waals surface area (Å²) in [7, 11) is 0. The number of anilines is 1. The maximum atomic E-state index is 12.8. The monoisotopic (exact) mass is 300 g/mol. The fourth-order valence-corrected chi connectivity index (χ4v) is 2.55. The third-order valence-corrected chi connectivity index (χ3v) is 3.87. The number of nitrogens with zero attached hydrogens (tertiary/aromatic N) is 1. The SMILES string of the molecule is C[C@H](Sc1ccc(F)cc1)C(=O)Nc1cccc(C#N)c1. The summed E-state index contributed by atoms with van der Waals surface area (Å²) in [5, 5.41) is 11.3. The number of halogens is 1. The number of nitrogens with one attached hydrogen (secondary N) is 1. The molecule has 0 saturated heterocycles. The number of amides is 1. The number of carbonyl (C=O) groups excluding carboxylic acids is 1. The van der Waals surface area contributed by atoms with E-state index in [-0.39, 0.29) is 17.0 Å². The van der Waals surface area contributed by atoms with Crippen molar-refractivity contribution in [3.05, 3.63) is 59.9 Å². The predicted octanol–water partition coefficient (Wildman–Crippen LogP) is 3.82. The number of benzene rings is 2. The smallest absolute Gasteiger partial charge is 0.237 e. The zero-order valence-corrected chi connectivity index (χ0v) is 12.2. The van der Waals surface area contributed by atoms with Crippen molar-refractivity contribution in [1.29, 1.82) is 5.26 Å². The summed E-state index contributed by atoms with van der Waals surface area (Å²) in [4.78, 5) is 12.9. The van der Waals surface area contributed by atoms with Gasteiger partial charge in [-0.05, 0) is 49.4 Å². The van der Waals surface area contributed by atoms with Crippen LogP contribution in [0.5, 0.6) is 0 Å². The maximum absolute atomic E-state index is 12.8. The Morgan fingerprint density at radius 3 is 2.67 bits per heavy atom. The molecule has 0 unspecified atom stereocenters. The van der Waals surface area contributed by atoms with E-state index in [0.717, 1.165) is 4.90 Å². The molecule has 21 heavy (non-hydrogen) atoms. The van der Waals surface area contributed by atoms with Gasteiger partial charge in [0, 0.05) is 10.6 Å². The van der Waals surface area contributed by atoms with Crippen molar-refractivity contribution >= 4 is 23.4 Å². The topological polar surface area (TPSA) is 52.9 Å². The van der Waals surface area contributed by atoms with Gasteiger partial charge in [-0.2, -0.15) is 5.26 Å². The molecule has 0 aliphatic rings. The van der Waals surface area contributed by atoms with Crippen molar-refractivity contribution < 1.29 is 9.18 Å². The van der Waals surface area contributed by atoms with E-state index in [4.69, 9.17) is 5.26 Å². The van der Waals surface area contributed by atoms with Crippen LogP contribution in [0.4, 0.5) is 10.1 Å². The second-order valence-electron chi connectivity index (χ2n) is 4.40. The van der Waals surface area contributed by atoms with Crippen molar-refractivity contribution in [3.63, 3.8) is 0 Å². The largest absolute Gasteiger partial charge is 0.325 e. The molecule has 0 bridgehead atoms. The first-order valence-electron chi connectivity index (χ1n) is 6.32. The molecule has 0 spiro atoms. The molecule has 0 fully saturated rings. The van der Waals surface area contributed by atoms with Gasteiger partial charge < -0.3 is 5.32 Å². The molecule has 0 radical (unpaired) electrons. The maximum Gasteiger partial charge on any atom is 0.237 e. The molecule has 2 rings (SSSR count). The van der Waals surface area contributed by atoms with Gasteiger partial charge in [-0.3, -0.25) is 4.79 Å². The van der Waals surface area contributed by atoms with Gasteiger partial charge in [0.2, 0.25) is 5.91 Å². The van der Waals surface area contributed by atoms with Crippen LogP contribution in [-0.4, -0.2) is 11.2 Å². The van der Waals surface area contributed by atoms with Gasteiger partial charge >= 0.3 is 0 Å². The van der Waals surface area contributed by atoms with Crippen LogP contribution in [0.25, 0.3) is 0 Å². The normalized spacial score (nSPS) is 11.5. The summed E-state index contributed by atoms with van der Waals surface area (Å²) >= 11 is 1.35. The molecule has 1 N–H and O–H groups in total. The Morgan fingerprint density at radius 2 is 2.00 bits per heavy atom. The number of carbonyl (C=O) groups is 1. The van der Waals surface area contributed by atoms with Gasteiger partial charge in [-0.25, -0.2) is 4.39 Å². The van der Waals surface area contributed by atoms with Crippen molar-refractivity contribution in [1.82, 2.24) is 0 Å². The summed E-state index contributed by atoms with van der Waals surface area (Å²) in [5.74, 6) is -0.468. The highest BCUT2D eigenvalue weighted by atomic mass is 32.2. The molecular formula is C16H13FN2OS. The van der Waals surface area contributed by atoms with Crippen molar-refractivity contribution in [3.8, 4) is 6.07 Å². The fraction of sp³-hybridized carbons (Fsp3) is 0.125. The minimum Gasteiger partial charge on any atom is -0.325 e. The van der Waals surface area contributed by atoms with Crippen molar-refractivity contribution in [2.24, 2.45) is 0 Å². The molecule has 2 aromatic rings. The highest BCUT2D eigenvalue weighted by Crippen LogP contribution is 2.24. The summed E-state index contributed by atoms with van der Waals surface area (Å²) < 4.78 is 12.8. The van der Waals surface area contributed by atoms with Crippen molar-refractivity contribution in [2.75, 3.05) is 5.32 Å². The first-order valence-corrected chi connectivity index (χ1v) is 7.19. The van der Waals surface area contributed by atoms with Gasteiger partial charge in [0.25, 0.3) is 0 Å². The van der Waals surface area contributed by atoms with E-state index in [1.807, 2.05) is 6.07 Å². The van der Waals surface area contributed by atoms with Crippen LogP contribution in [0, 0.1) is 17.1 Å². The van der Waals surface area contributed by atoms with E-state index in [1.165, 1.54) is 23.9 Å². The number of hydrogen-bond donors (Lipinski definition) is 1. The molecule has 1 amide bonds. The fourth-order valence-electron chi connectivity index (χ4n) is 1.68. The number of thioether (sulfide) groups is 1. The quantitative estimate of drug-likeness (QED) is 0.873. The molecule has 106 valence electrons. The molecular weight excluding hydrogens is 287 g/mol. The molecule has 0 aliphatic carbocycles. The van der Waals surface area contributed by atoms with Crippen LogP contribution in [0.2, 0.25) is 0 Å². The summed E-state index contributed by atoms with van der Waals surface area (Å²) in [5.41, 5.74) is 1.08. The molecule has 0 heterocycles. The van der Waals surface area contributed by atoms with Crippen molar-refractivity contribution in [2.45, 2.75) is 17.1 Å². The standard InChI is InChI=1S/C16H13FN2OS/c1-11(21-15-7-5-13(17)6-8-15)16(20)19-14-4-2-3-12(9-14)10-18/h2-9,11H,1H3,(H,19,20)/t11-/m0/s1. The van der Waals surface area contributed by atoms with E-state index in [1.54, 1.807) is 43.3 Å². The summed E-state index contributed by atoms with van der Waals surface area (Å²) in [6.07, 6.45) is 0. The van der Waals surface area contributed by atoms with Crippen LogP contribution in [-0.2, 0) is 4.79 Å². The zero-order valence-electron chi connectivity index (χ0n) is 11.3. The van der Waals surface area contributed by atoms with Crippen LogP contribution < -0.4 is 5.32 Å². The lowest BCUT2D eigenvalue weighted by molar-refractivity contribution is -0.115. The second kappa shape index (κ2) is 6.91. The first-order chi connectivity index (χ1) is 10.1. The third kappa shape index (κ3) is 4.33. The van der Waals surface area contributed by atoms with Gasteiger partial charge in [0.05, 0.1) is 16.9 Å². The van der Waals surface area contributed by atoms with E-state index in [9.17, 15) is 9.18 Å². The van der Waals surface area contributed by atoms with Gasteiger partial charge in [-0.15, -0.1) is 11.8 Å². The van der Waals surface area contributed by atoms with Gasteiger partial charge in [0.1, 0.15) is 5.82 Å². The van der Waals surface area contributed by atoms with Crippen LogP contribution >= 0.6 is 11.8 Å². The molecule has 0 aromatic heterocycles. The minimum absolute atomic E-state index is 0.167. The lowest BCUT2D eigenvalue weighted by Crippen LogP contribution is -2.22.